The topological polar surface area (TPSA) is 9.23 Å². The molecule has 26 heavy (non-hydrogen) atoms. The van der Waals surface area contributed by atoms with Gasteiger partial charge in [-0.15, -0.1) is 0 Å². The second kappa shape index (κ2) is 8.54. The summed E-state index contributed by atoms with van der Waals surface area (Å²) >= 11 is 0. The van der Waals surface area contributed by atoms with Gasteiger partial charge in [-0.25, -0.2) is 8.78 Å². The molecule has 2 unspecified atom stereocenters. The average molecular weight is 363 g/mol. The summed E-state index contributed by atoms with van der Waals surface area (Å²) in [6, 6.07) is 8.27. The fourth-order valence-corrected chi connectivity index (χ4v) is 5.04. The molecule has 3 rings (SSSR count). The molecule has 0 aromatic heterocycles. The van der Waals surface area contributed by atoms with E-state index in [-0.39, 0.29) is 24.2 Å². The van der Waals surface area contributed by atoms with Crippen molar-refractivity contribution in [1.82, 2.24) is 0 Å². The number of hydrogen-bond acceptors (Lipinski definition) is 1. The van der Waals surface area contributed by atoms with Gasteiger partial charge < -0.3 is 4.74 Å². The van der Waals surface area contributed by atoms with Gasteiger partial charge in [0.1, 0.15) is 12.4 Å². The van der Waals surface area contributed by atoms with Crippen molar-refractivity contribution in [1.29, 1.82) is 0 Å². The predicted octanol–water partition coefficient (Wildman–Crippen LogP) is 6.99. The third kappa shape index (κ3) is 4.47. The lowest BCUT2D eigenvalue weighted by Crippen LogP contribution is -2.41. The molecule has 0 spiro atoms. The van der Waals surface area contributed by atoms with Crippen LogP contribution < -0.4 is 4.74 Å². The van der Waals surface area contributed by atoms with Crippen LogP contribution >= 0.6 is 0 Å². The van der Waals surface area contributed by atoms with Crippen LogP contribution in [0.3, 0.4) is 0 Å². The first-order chi connectivity index (χ1) is 12.5. The number of rotatable bonds is 6. The Morgan fingerprint density at radius 3 is 2.35 bits per heavy atom. The van der Waals surface area contributed by atoms with Gasteiger partial charge in [0.2, 0.25) is 0 Å². The van der Waals surface area contributed by atoms with Crippen LogP contribution in [0.5, 0.6) is 5.75 Å². The highest BCUT2D eigenvalue weighted by Crippen LogP contribution is 2.50. The van der Waals surface area contributed by atoms with Crippen molar-refractivity contribution < 1.29 is 13.5 Å². The minimum Gasteiger partial charge on any atom is -0.490 e. The van der Waals surface area contributed by atoms with Gasteiger partial charge >= 0.3 is 0 Å². The summed E-state index contributed by atoms with van der Waals surface area (Å²) < 4.78 is 34.8. The van der Waals surface area contributed by atoms with E-state index in [2.05, 4.69) is 18.7 Å². The lowest BCUT2D eigenvalue weighted by Gasteiger charge is -2.42. The molecule has 2 aliphatic carbocycles. The quantitative estimate of drug-likeness (QED) is 0.496. The Bertz CT molecular complexity index is 572. The van der Waals surface area contributed by atoms with E-state index < -0.39 is 5.92 Å². The van der Waals surface area contributed by atoms with Gasteiger partial charge in [0, 0.05) is 12.3 Å². The molecule has 2 fully saturated rings. The minimum atomic E-state index is -2.46. The predicted molar refractivity (Wildman–Crippen MR) is 103 cm³/mol. The summed E-state index contributed by atoms with van der Waals surface area (Å²) in [6.07, 6.45) is 8.38. The summed E-state index contributed by atoms with van der Waals surface area (Å²) in [6.45, 7) is 6.21. The molecule has 1 aromatic carbocycles. The molecule has 0 bridgehead atoms. The molecule has 0 amide bonds. The van der Waals surface area contributed by atoms with E-state index in [0.29, 0.717) is 12.5 Å². The highest BCUT2D eigenvalue weighted by atomic mass is 19.3. The van der Waals surface area contributed by atoms with Crippen LogP contribution in [0.25, 0.3) is 0 Å². The summed E-state index contributed by atoms with van der Waals surface area (Å²) in [4.78, 5) is 0. The van der Waals surface area contributed by atoms with Gasteiger partial charge in [-0.3, -0.25) is 0 Å². The first-order valence-electron chi connectivity index (χ1n) is 10.2. The third-order valence-electron chi connectivity index (χ3n) is 6.63. The Balaban J connectivity index is 1.55. The van der Waals surface area contributed by atoms with Crippen LogP contribution in [-0.2, 0) is 0 Å². The Kier molecular flexibility index (Phi) is 6.37. The van der Waals surface area contributed by atoms with Crippen LogP contribution in [0.15, 0.2) is 36.9 Å². The average Bonchev–Trinajstić information content (AvgIpc) is 2.66. The van der Waals surface area contributed by atoms with Gasteiger partial charge in [-0.1, -0.05) is 38.1 Å². The van der Waals surface area contributed by atoms with Crippen molar-refractivity contribution in [2.75, 3.05) is 6.61 Å². The summed E-state index contributed by atoms with van der Waals surface area (Å²) in [5.41, 5.74) is 1.32. The second-order valence-electron chi connectivity index (χ2n) is 8.20. The Morgan fingerprint density at radius 1 is 1.08 bits per heavy atom. The zero-order chi connectivity index (χ0) is 18.6. The smallest absolute Gasteiger partial charge is 0.251 e. The van der Waals surface area contributed by atoms with Crippen LogP contribution in [-0.4, -0.2) is 12.5 Å². The molecule has 2 aliphatic rings. The number of ether oxygens (including phenoxy) is 1. The molecule has 1 aromatic rings. The van der Waals surface area contributed by atoms with Crippen LogP contribution in [0.4, 0.5) is 8.78 Å². The van der Waals surface area contributed by atoms with E-state index in [1.807, 2.05) is 19.1 Å². The fraction of sp³-hybridized carbons (Fsp3) is 0.652. The van der Waals surface area contributed by atoms with E-state index in [9.17, 15) is 8.78 Å². The maximum absolute atomic E-state index is 14.6. The monoisotopic (exact) mass is 362 g/mol. The van der Waals surface area contributed by atoms with Crippen molar-refractivity contribution in [3.05, 3.63) is 42.5 Å². The molecule has 1 nitrogen and oxygen atoms in total. The third-order valence-corrected chi connectivity index (χ3v) is 6.63. The number of alkyl halides is 2. The van der Waals surface area contributed by atoms with Crippen molar-refractivity contribution in [3.8, 4) is 5.75 Å². The molecule has 144 valence electrons. The second-order valence-corrected chi connectivity index (χ2v) is 8.20. The Morgan fingerprint density at radius 2 is 1.77 bits per heavy atom. The summed E-state index contributed by atoms with van der Waals surface area (Å²) in [5, 5.41) is 0. The molecule has 0 aliphatic heterocycles. The molecule has 3 heteroatoms. The Hall–Kier alpha value is -1.38. The Labute approximate surface area is 156 Å². The summed E-state index contributed by atoms with van der Waals surface area (Å²) in [7, 11) is 0. The van der Waals surface area contributed by atoms with E-state index >= 15 is 0 Å². The molecule has 2 atom stereocenters. The first kappa shape index (κ1) is 19.4. The maximum Gasteiger partial charge on any atom is 0.251 e. The van der Waals surface area contributed by atoms with Crippen molar-refractivity contribution in [3.63, 3.8) is 0 Å². The summed E-state index contributed by atoms with van der Waals surface area (Å²) in [5.74, 6) is -1.06. The first-order valence-corrected chi connectivity index (χ1v) is 10.2. The zero-order valence-corrected chi connectivity index (χ0v) is 15.9. The number of benzene rings is 1. The van der Waals surface area contributed by atoms with E-state index in [1.165, 1.54) is 5.56 Å². The van der Waals surface area contributed by atoms with E-state index in [0.717, 1.165) is 50.7 Å². The largest absolute Gasteiger partial charge is 0.490 e. The number of halogens is 2. The molecule has 0 radical (unpaired) electrons. The minimum absolute atomic E-state index is 0.111. The van der Waals surface area contributed by atoms with Crippen molar-refractivity contribution in [2.45, 2.75) is 70.1 Å². The highest BCUT2D eigenvalue weighted by molar-refractivity contribution is 5.29. The zero-order valence-electron chi connectivity index (χ0n) is 15.9. The van der Waals surface area contributed by atoms with Gasteiger partial charge in [0.15, 0.2) is 0 Å². The van der Waals surface area contributed by atoms with Gasteiger partial charge in [0.05, 0.1) is 0 Å². The maximum atomic E-state index is 14.6. The fourth-order valence-electron chi connectivity index (χ4n) is 5.04. The SMILES string of the molecule is C=CCOc1ccc(C2CCC(C3CCC(CC)CC3(F)F)CC2)cc1. The lowest BCUT2D eigenvalue weighted by molar-refractivity contribution is -0.127. The number of hydrogen-bond donors (Lipinski definition) is 0. The van der Waals surface area contributed by atoms with Crippen molar-refractivity contribution >= 4 is 0 Å². The van der Waals surface area contributed by atoms with Crippen LogP contribution in [0, 0.1) is 17.8 Å². The molecule has 0 N–H and O–H groups in total. The molecular formula is C23H32F2O. The van der Waals surface area contributed by atoms with Gasteiger partial charge in [0.25, 0.3) is 5.92 Å². The molecule has 0 saturated heterocycles. The van der Waals surface area contributed by atoms with Crippen LogP contribution in [0.1, 0.15) is 69.8 Å². The molecule has 2 saturated carbocycles. The van der Waals surface area contributed by atoms with Gasteiger partial charge in [-0.05, 0) is 74.0 Å². The molecular weight excluding hydrogens is 330 g/mol. The lowest BCUT2D eigenvalue weighted by atomic mass is 9.66. The van der Waals surface area contributed by atoms with Crippen LogP contribution in [0.2, 0.25) is 0 Å². The highest BCUT2D eigenvalue weighted by Gasteiger charge is 2.48. The van der Waals surface area contributed by atoms with Crippen molar-refractivity contribution in [2.24, 2.45) is 17.8 Å². The molecule has 0 heterocycles. The normalized spacial score (nSPS) is 31.3. The van der Waals surface area contributed by atoms with Gasteiger partial charge in [-0.2, -0.15) is 0 Å². The van der Waals surface area contributed by atoms with E-state index in [4.69, 9.17) is 4.74 Å². The van der Waals surface area contributed by atoms with E-state index in [1.54, 1.807) is 6.08 Å². The standard InChI is InChI=1S/C23H32F2O/c1-3-15-26-21-12-10-19(11-13-21)18-6-8-20(9-7-18)22-14-5-17(4-2)16-23(22,24)25/h3,10-13,17-18,20,22H,1,4-9,14-16H2,2H3.